The third kappa shape index (κ3) is 4.10. The zero-order chi connectivity index (χ0) is 13.5. The lowest BCUT2D eigenvalue weighted by atomic mass is 10.1. The zero-order valence-electron chi connectivity index (χ0n) is 11.6. The minimum Gasteiger partial charge on any atom is -0.497 e. The van der Waals surface area contributed by atoms with E-state index in [-0.39, 0.29) is 0 Å². The Morgan fingerprint density at radius 3 is 2.95 bits per heavy atom. The van der Waals surface area contributed by atoms with Gasteiger partial charge in [-0.2, -0.15) is 5.10 Å². The van der Waals surface area contributed by atoms with E-state index in [1.807, 2.05) is 23.0 Å². The van der Waals surface area contributed by atoms with Crippen LogP contribution in [0.25, 0.3) is 0 Å². The molecule has 19 heavy (non-hydrogen) atoms. The molecule has 0 aliphatic heterocycles. The number of nitrogens with zero attached hydrogens (tertiary/aromatic N) is 2. The number of methoxy groups -OCH3 is 1. The van der Waals surface area contributed by atoms with E-state index in [9.17, 15) is 0 Å². The largest absolute Gasteiger partial charge is 0.497 e. The Labute approximate surface area is 114 Å². The van der Waals surface area contributed by atoms with Gasteiger partial charge >= 0.3 is 0 Å². The Bertz CT molecular complexity index is 508. The number of aromatic nitrogens is 2. The maximum atomic E-state index is 5.21. The summed E-state index contributed by atoms with van der Waals surface area (Å²) in [5, 5.41) is 7.69. The van der Waals surface area contributed by atoms with Crippen LogP contribution >= 0.6 is 0 Å². The van der Waals surface area contributed by atoms with E-state index in [1.165, 1.54) is 11.1 Å². The highest BCUT2D eigenvalue weighted by Crippen LogP contribution is 2.12. The number of aryl methyl sites for hydroxylation is 1. The molecule has 0 bridgehead atoms. The lowest BCUT2D eigenvalue weighted by Gasteiger charge is -2.05. The monoisotopic (exact) mass is 259 g/mol. The number of hydrogen-bond acceptors (Lipinski definition) is 3. The van der Waals surface area contributed by atoms with E-state index in [2.05, 4.69) is 35.7 Å². The Hall–Kier alpha value is -1.81. The van der Waals surface area contributed by atoms with Gasteiger partial charge in [0, 0.05) is 24.8 Å². The molecule has 0 unspecified atom stereocenters. The summed E-state index contributed by atoms with van der Waals surface area (Å²) in [6, 6.07) is 8.20. The standard InChI is InChI=1S/C15H21N3O/c1-3-18-12-14(11-17-18)10-16-8-7-13-5-4-6-15(9-13)19-2/h4-6,9,11-12,16H,3,7-8,10H2,1-2H3. The fourth-order valence-electron chi connectivity index (χ4n) is 1.96. The molecule has 0 saturated carbocycles. The summed E-state index contributed by atoms with van der Waals surface area (Å²) >= 11 is 0. The molecule has 0 atom stereocenters. The zero-order valence-corrected chi connectivity index (χ0v) is 11.6. The Morgan fingerprint density at radius 2 is 2.21 bits per heavy atom. The van der Waals surface area contributed by atoms with Gasteiger partial charge < -0.3 is 10.1 Å². The summed E-state index contributed by atoms with van der Waals surface area (Å²) in [6.07, 6.45) is 5.00. The number of nitrogens with one attached hydrogen (secondary N) is 1. The van der Waals surface area contributed by atoms with Crippen LogP contribution in [-0.2, 0) is 19.5 Å². The molecule has 4 heteroatoms. The van der Waals surface area contributed by atoms with Crippen molar-refractivity contribution in [3.63, 3.8) is 0 Å². The first kappa shape index (κ1) is 13.6. The average molecular weight is 259 g/mol. The average Bonchev–Trinajstić information content (AvgIpc) is 2.92. The predicted octanol–water partition coefficient (Wildman–Crippen LogP) is 2.24. The Morgan fingerprint density at radius 1 is 1.32 bits per heavy atom. The quantitative estimate of drug-likeness (QED) is 0.775. The smallest absolute Gasteiger partial charge is 0.119 e. The van der Waals surface area contributed by atoms with Crippen LogP contribution < -0.4 is 10.1 Å². The third-order valence-corrected chi connectivity index (χ3v) is 3.06. The van der Waals surface area contributed by atoms with Gasteiger partial charge in [-0.1, -0.05) is 12.1 Å². The van der Waals surface area contributed by atoms with Gasteiger partial charge in [-0.05, 0) is 37.6 Å². The van der Waals surface area contributed by atoms with Crippen molar-refractivity contribution < 1.29 is 4.74 Å². The summed E-state index contributed by atoms with van der Waals surface area (Å²) in [7, 11) is 1.70. The molecular weight excluding hydrogens is 238 g/mol. The van der Waals surface area contributed by atoms with E-state index < -0.39 is 0 Å². The molecule has 0 fully saturated rings. The van der Waals surface area contributed by atoms with Crippen LogP contribution in [0.1, 0.15) is 18.1 Å². The van der Waals surface area contributed by atoms with E-state index in [0.29, 0.717) is 0 Å². The lowest BCUT2D eigenvalue weighted by molar-refractivity contribution is 0.414. The first-order valence-corrected chi connectivity index (χ1v) is 6.67. The van der Waals surface area contributed by atoms with Gasteiger partial charge in [0.15, 0.2) is 0 Å². The van der Waals surface area contributed by atoms with Gasteiger partial charge in [0.25, 0.3) is 0 Å². The predicted molar refractivity (Wildman–Crippen MR) is 76.3 cm³/mol. The molecule has 1 aromatic heterocycles. The molecule has 2 rings (SSSR count). The Balaban J connectivity index is 1.74. The first-order chi connectivity index (χ1) is 9.31. The second kappa shape index (κ2) is 6.95. The molecule has 2 aromatic rings. The van der Waals surface area contributed by atoms with Crippen LogP contribution in [0.2, 0.25) is 0 Å². The van der Waals surface area contributed by atoms with E-state index >= 15 is 0 Å². The van der Waals surface area contributed by atoms with Crippen molar-refractivity contribution in [1.82, 2.24) is 15.1 Å². The van der Waals surface area contributed by atoms with E-state index in [4.69, 9.17) is 4.74 Å². The summed E-state index contributed by atoms with van der Waals surface area (Å²) in [5.41, 5.74) is 2.52. The van der Waals surface area contributed by atoms with Crippen molar-refractivity contribution in [2.24, 2.45) is 0 Å². The van der Waals surface area contributed by atoms with Gasteiger partial charge in [-0.25, -0.2) is 0 Å². The second-order valence-corrected chi connectivity index (χ2v) is 4.48. The highest BCUT2D eigenvalue weighted by molar-refractivity contribution is 5.28. The second-order valence-electron chi connectivity index (χ2n) is 4.48. The van der Waals surface area contributed by atoms with Gasteiger partial charge in [0.1, 0.15) is 5.75 Å². The molecule has 0 saturated heterocycles. The van der Waals surface area contributed by atoms with Crippen molar-refractivity contribution >= 4 is 0 Å². The van der Waals surface area contributed by atoms with Crippen molar-refractivity contribution in [2.45, 2.75) is 26.4 Å². The van der Waals surface area contributed by atoms with Gasteiger partial charge in [0.05, 0.1) is 13.3 Å². The van der Waals surface area contributed by atoms with Gasteiger partial charge in [-0.15, -0.1) is 0 Å². The maximum Gasteiger partial charge on any atom is 0.119 e. The Kier molecular flexibility index (Phi) is 4.98. The van der Waals surface area contributed by atoms with Crippen LogP contribution in [0, 0.1) is 0 Å². The minimum absolute atomic E-state index is 0.865. The lowest BCUT2D eigenvalue weighted by Crippen LogP contribution is -2.16. The molecular formula is C15H21N3O. The summed E-state index contributed by atoms with van der Waals surface area (Å²) in [4.78, 5) is 0. The number of hydrogen-bond donors (Lipinski definition) is 1. The molecule has 0 amide bonds. The number of ether oxygens (including phenoxy) is 1. The number of benzene rings is 1. The molecule has 102 valence electrons. The molecule has 1 heterocycles. The highest BCUT2D eigenvalue weighted by atomic mass is 16.5. The molecule has 0 radical (unpaired) electrons. The molecule has 4 nitrogen and oxygen atoms in total. The van der Waals surface area contributed by atoms with Crippen LogP contribution in [0.5, 0.6) is 5.75 Å². The van der Waals surface area contributed by atoms with Crippen LogP contribution in [0.15, 0.2) is 36.7 Å². The molecule has 1 N–H and O–H groups in total. The van der Waals surface area contributed by atoms with Gasteiger partial charge in [0.2, 0.25) is 0 Å². The fraction of sp³-hybridized carbons (Fsp3) is 0.400. The SMILES string of the molecule is CCn1cc(CNCCc2cccc(OC)c2)cn1. The summed E-state index contributed by atoms with van der Waals surface area (Å²) in [6.45, 7) is 4.82. The maximum absolute atomic E-state index is 5.21. The van der Waals surface area contributed by atoms with Crippen LogP contribution in [0.3, 0.4) is 0 Å². The minimum atomic E-state index is 0.865. The van der Waals surface area contributed by atoms with Crippen molar-refractivity contribution in [1.29, 1.82) is 0 Å². The fourth-order valence-corrected chi connectivity index (χ4v) is 1.96. The molecule has 1 aromatic carbocycles. The van der Waals surface area contributed by atoms with E-state index in [1.54, 1.807) is 7.11 Å². The van der Waals surface area contributed by atoms with Crippen molar-refractivity contribution in [3.05, 3.63) is 47.8 Å². The molecule has 0 spiro atoms. The molecule has 0 aliphatic rings. The van der Waals surface area contributed by atoms with Crippen molar-refractivity contribution in [3.8, 4) is 5.75 Å². The molecule has 0 aliphatic carbocycles. The normalized spacial score (nSPS) is 10.6. The summed E-state index contributed by atoms with van der Waals surface area (Å²) < 4.78 is 7.16. The van der Waals surface area contributed by atoms with Crippen LogP contribution in [0.4, 0.5) is 0 Å². The third-order valence-electron chi connectivity index (χ3n) is 3.06. The summed E-state index contributed by atoms with van der Waals surface area (Å²) in [5.74, 6) is 0.918. The van der Waals surface area contributed by atoms with Crippen molar-refractivity contribution in [2.75, 3.05) is 13.7 Å². The number of rotatable bonds is 7. The van der Waals surface area contributed by atoms with E-state index in [0.717, 1.165) is 31.8 Å². The van der Waals surface area contributed by atoms with Gasteiger partial charge in [-0.3, -0.25) is 4.68 Å². The van der Waals surface area contributed by atoms with Crippen LogP contribution in [-0.4, -0.2) is 23.4 Å². The first-order valence-electron chi connectivity index (χ1n) is 6.67. The topological polar surface area (TPSA) is 39.1 Å². The highest BCUT2D eigenvalue weighted by Gasteiger charge is 1.98.